The van der Waals surface area contributed by atoms with E-state index in [1.165, 1.54) is 30.9 Å². The molecule has 0 amide bonds. The Kier molecular flexibility index (Phi) is 1.84. The molecule has 1 aromatic heterocycles. The molecule has 2 unspecified atom stereocenters. The summed E-state index contributed by atoms with van der Waals surface area (Å²) in [6, 6.07) is 0.479. The van der Waals surface area contributed by atoms with Crippen LogP contribution in [-0.2, 0) is 6.54 Å². The van der Waals surface area contributed by atoms with Crippen LogP contribution in [-0.4, -0.2) is 21.3 Å². The van der Waals surface area contributed by atoms with E-state index in [0.29, 0.717) is 17.4 Å². The molecule has 2 fully saturated rings. The highest BCUT2D eigenvalue weighted by molar-refractivity contribution is 5.19. The van der Waals surface area contributed by atoms with Gasteiger partial charge in [0.2, 0.25) is 0 Å². The molecule has 2 saturated carbocycles. The predicted octanol–water partition coefficient (Wildman–Crippen LogP) is 1.85. The van der Waals surface area contributed by atoms with Crippen molar-refractivity contribution in [2.45, 2.75) is 51.6 Å². The Morgan fingerprint density at radius 1 is 1.24 bits per heavy atom. The second-order valence-corrected chi connectivity index (χ2v) is 6.58. The molecule has 1 N–H and O–H groups in total. The van der Waals surface area contributed by atoms with Crippen LogP contribution in [0.15, 0.2) is 0 Å². The van der Waals surface area contributed by atoms with E-state index in [2.05, 4.69) is 33.9 Å². The van der Waals surface area contributed by atoms with E-state index in [4.69, 9.17) is 0 Å². The standard InChI is InChI=1S/C13H20N4/c1-13(2)7-9(13)11-15-16-12-10(8-3-4-8)14-5-6-17(11)12/h8-10,14H,3-7H2,1-2H3. The minimum absolute atomic E-state index is 0.448. The molecule has 0 spiro atoms. The van der Waals surface area contributed by atoms with Crippen LogP contribution in [0.5, 0.6) is 0 Å². The van der Waals surface area contributed by atoms with Crippen molar-refractivity contribution in [3.63, 3.8) is 0 Å². The van der Waals surface area contributed by atoms with Gasteiger partial charge in [-0.25, -0.2) is 0 Å². The molecule has 0 radical (unpaired) electrons. The summed E-state index contributed by atoms with van der Waals surface area (Å²) in [5, 5.41) is 12.6. The van der Waals surface area contributed by atoms with Crippen LogP contribution >= 0.6 is 0 Å². The number of aromatic nitrogens is 3. The Balaban J connectivity index is 1.70. The Bertz CT molecular complexity index is 444. The fourth-order valence-corrected chi connectivity index (χ4v) is 3.18. The smallest absolute Gasteiger partial charge is 0.150 e. The lowest BCUT2D eigenvalue weighted by atomic mass is 10.1. The van der Waals surface area contributed by atoms with Crippen molar-refractivity contribution in [3.8, 4) is 0 Å². The van der Waals surface area contributed by atoms with Crippen LogP contribution in [0.2, 0.25) is 0 Å². The van der Waals surface area contributed by atoms with Crippen molar-refractivity contribution < 1.29 is 0 Å². The molecule has 4 heteroatoms. The number of rotatable bonds is 2. The molecular formula is C13H20N4. The van der Waals surface area contributed by atoms with Crippen LogP contribution in [0.1, 0.15) is 56.7 Å². The van der Waals surface area contributed by atoms with Gasteiger partial charge in [0.1, 0.15) is 5.82 Å². The van der Waals surface area contributed by atoms with E-state index < -0.39 is 0 Å². The first-order valence-electron chi connectivity index (χ1n) is 6.83. The maximum absolute atomic E-state index is 4.49. The second kappa shape index (κ2) is 3.10. The number of hydrogen-bond acceptors (Lipinski definition) is 3. The van der Waals surface area contributed by atoms with Crippen molar-refractivity contribution in [1.29, 1.82) is 0 Å². The average molecular weight is 232 g/mol. The van der Waals surface area contributed by atoms with Crippen molar-refractivity contribution in [2.24, 2.45) is 11.3 Å². The highest BCUT2D eigenvalue weighted by Gasteiger charge is 2.50. The molecule has 4 nitrogen and oxygen atoms in total. The van der Waals surface area contributed by atoms with Crippen molar-refractivity contribution in [1.82, 2.24) is 20.1 Å². The largest absolute Gasteiger partial charge is 0.312 e. The first-order valence-corrected chi connectivity index (χ1v) is 6.83. The lowest BCUT2D eigenvalue weighted by Gasteiger charge is -2.25. The molecule has 17 heavy (non-hydrogen) atoms. The Hall–Kier alpha value is -0.900. The van der Waals surface area contributed by atoms with E-state index in [9.17, 15) is 0 Å². The first kappa shape index (κ1) is 10.1. The summed E-state index contributed by atoms with van der Waals surface area (Å²) < 4.78 is 2.40. The molecule has 2 atom stereocenters. The van der Waals surface area contributed by atoms with Crippen LogP contribution in [0.3, 0.4) is 0 Å². The topological polar surface area (TPSA) is 42.7 Å². The fraction of sp³-hybridized carbons (Fsp3) is 0.846. The number of fused-ring (bicyclic) bond motifs is 1. The van der Waals surface area contributed by atoms with Crippen LogP contribution < -0.4 is 5.32 Å². The van der Waals surface area contributed by atoms with E-state index in [1.54, 1.807) is 0 Å². The molecule has 1 aliphatic heterocycles. The van der Waals surface area contributed by atoms with Gasteiger partial charge in [-0.1, -0.05) is 13.8 Å². The summed E-state index contributed by atoms with van der Waals surface area (Å²) in [4.78, 5) is 0. The highest BCUT2D eigenvalue weighted by atomic mass is 15.3. The predicted molar refractivity (Wildman–Crippen MR) is 64.6 cm³/mol. The lowest BCUT2D eigenvalue weighted by Crippen LogP contribution is -2.35. The minimum atomic E-state index is 0.448. The van der Waals surface area contributed by atoms with Gasteiger partial charge >= 0.3 is 0 Å². The zero-order valence-corrected chi connectivity index (χ0v) is 10.6. The number of hydrogen-bond donors (Lipinski definition) is 1. The quantitative estimate of drug-likeness (QED) is 0.846. The Labute approximate surface area is 102 Å². The zero-order valence-electron chi connectivity index (χ0n) is 10.6. The number of nitrogens with zero attached hydrogens (tertiary/aromatic N) is 3. The molecule has 0 bridgehead atoms. The van der Waals surface area contributed by atoms with E-state index in [1.807, 2.05) is 0 Å². The summed E-state index contributed by atoms with van der Waals surface area (Å²) in [5.74, 6) is 3.91. The van der Waals surface area contributed by atoms with Gasteiger partial charge in [-0.05, 0) is 30.6 Å². The SMILES string of the molecule is CC1(C)CC1c1nnc2n1CCNC2C1CC1. The van der Waals surface area contributed by atoms with Crippen LogP contribution in [0.25, 0.3) is 0 Å². The summed E-state index contributed by atoms with van der Waals surface area (Å²) >= 11 is 0. The summed E-state index contributed by atoms with van der Waals surface area (Å²) in [5.41, 5.74) is 0.448. The van der Waals surface area contributed by atoms with Gasteiger partial charge in [-0.3, -0.25) is 0 Å². The average Bonchev–Trinajstić information content (AvgIpc) is 3.18. The van der Waals surface area contributed by atoms with Gasteiger partial charge in [0.05, 0.1) is 6.04 Å². The lowest BCUT2D eigenvalue weighted by molar-refractivity contribution is 0.375. The minimum Gasteiger partial charge on any atom is -0.312 e. The summed E-state index contributed by atoms with van der Waals surface area (Å²) in [7, 11) is 0. The monoisotopic (exact) mass is 232 g/mol. The molecular weight excluding hydrogens is 212 g/mol. The highest BCUT2D eigenvalue weighted by Crippen LogP contribution is 2.58. The third kappa shape index (κ3) is 1.46. The molecule has 3 aliphatic rings. The van der Waals surface area contributed by atoms with E-state index >= 15 is 0 Å². The van der Waals surface area contributed by atoms with Gasteiger partial charge in [0.15, 0.2) is 5.82 Å². The van der Waals surface area contributed by atoms with Gasteiger partial charge in [0.25, 0.3) is 0 Å². The third-order valence-electron chi connectivity index (χ3n) is 4.70. The summed E-state index contributed by atoms with van der Waals surface area (Å²) in [6.45, 7) is 6.79. The molecule has 4 rings (SSSR count). The van der Waals surface area contributed by atoms with Gasteiger partial charge in [-0.2, -0.15) is 0 Å². The van der Waals surface area contributed by atoms with Gasteiger partial charge in [-0.15, -0.1) is 10.2 Å². The third-order valence-corrected chi connectivity index (χ3v) is 4.70. The molecule has 0 aromatic carbocycles. The van der Waals surface area contributed by atoms with Crippen molar-refractivity contribution in [3.05, 3.63) is 11.6 Å². The molecule has 2 aliphatic carbocycles. The summed E-state index contributed by atoms with van der Waals surface area (Å²) in [6.07, 6.45) is 3.98. The van der Waals surface area contributed by atoms with Crippen molar-refractivity contribution in [2.75, 3.05) is 6.54 Å². The molecule has 92 valence electrons. The maximum Gasteiger partial charge on any atom is 0.150 e. The Morgan fingerprint density at radius 3 is 2.59 bits per heavy atom. The van der Waals surface area contributed by atoms with Gasteiger partial charge < -0.3 is 9.88 Å². The van der Waals surface area contributed by atoms with Crippen LogP contribution in [0.4, 0.5) is 0 Å². The first-order chi connectivity index (χ1) is 8.17. The normalized spacial score (nSPS) is 34.5. The van der Waals surface area contributed by atoms with Crippen LogP contribution in [0, 0.1) is 11.3 Å². The fourth-order valence-electron chi connectivity index (χ4n) is 3.18. The zero-order chi connectivity index (χ0) is 11.6. The van der Waals surface area contributed by atoms with E-state index in [0.717, 1.165) is 19.0 Å². The Morgan fingerprint density at radius 2 is 1.94 bits per heavy atom. The second-order valence-electron chi connectivity index (χ2n) is 6.58. The maximum atomic E-state index is 4.49. The molecule has 0 saturated heterocycles. The van der Waals surface area contributed by atoms with Gasteiger partial charge in [0, 0.05) is 19.0 Å². The molecule has 1 aromatic rings. The number of nitrogens with one attached hydrogen (secondary N) is 1. The van der Waals surface area contributed by atoms with E-state index in [-0.39, 0.29) is 0 Å². The molecule has 2 heterocycles. The van der Waals surface area contributed by atoms with Crippen molar-refractivity contribution >= 4 is 0 Å².